The molecule has 1 aliphatic rings. The highest BCUT2D eigenvalue weighted by atomic mass is 16.5. The van der Waals surface area contributed by atoms with E-state index in [9.17, 15) is 4.79 Å². The maximum atomic E-state index is 12.4. The molecule has 1 aromatic carbocycles. The van der Waals surface area contributed by atoms with Crippen LogP contribution in [0, 0.1) is 5.92 Å². The average molecular weight is 277 g/mol. The molecule has 2 rings (SSSR count). The number of hydrogen-bond acceptors (Lipinski definition) is 3. The summed E-state index contributed by atoms with van der Waals surface area (Å²) < 4.78 is 11.0. The predicted molar refractivity (Wildman–Crippen MR) is 77.7 cm³/mol. The Bertz CT molecular complexity index is 421. The van der Waals surface area contributed by atoms with Crippen LogP contribution in [0.3, 0.4) is 0 Å². The summed E-state index contributed by atoms with van der Waals surface area (Å²) in [5, 5.41) is 0. The Hall–Kier alpha value is -1.55. The molecule has 0 radical (unpaired) electrons. The van der Waals surface area contributed by atoms with Crippen molar-refractivity contribution in [2.45, 2.75) is 26.3 Å². The first-order valence-electron chi connectivity index (χ1n) is 7.24. The molecule has 1 saturated heterocycles. The highest BCUT2D eigenvalue weighted by molar-refractivity contribution is 5.78. The van der Waals surface area contributed by atoms with Gasteiger partial charge in [0.1, 0.15) is 5.75 Å². The number of morpholine rings is 1. The first-order valence-corrected chi connectivity index (χ1v) is 7.24. The molecule has 2 atom stereocenters. The molecule has 1 aromatic rings. The lowest BCUT2D eigenvalue weighted by atomic mass is 10.1. The van der Waals surface area contributed by atoms with E-state index < -0.39 is 0 Å². The average Bonchev–Trinajstić information content (AvgIpc) is 2.48. The molecule has 110 valence electrons. The number of ether oxygens (including phenoxy) is 2. The monoisotopic (exact) mass is 277 g/mol. The van der Waals surface area contributed by atoms with Crippen molar-refractivity contribution in [2.24, 2.45) is 5.92 Å². The lowest BCUT2D eigenvalue weighted by Crippen LogP contribution is -2.49. The van der Waals surface area contributed by atoms with E-state index in [1.165, 1.54) is 0 Å². The van der Waals surface area contributed by atoms with Crippen LogP contribution in [-0.4, -0.2) is 43.2 Å². The molecule has 4 nitrogen and oxygen atoms in total. The number of para-hydroxylation sites is 1. The summed E-state index contributed by atoms with van der Waals surface area (Å²) >= 11 is 0. The first-order chi connectivity index (χ1) is 9.68. The van der Waals surface area contributed by atoms with Gasteiger partial charge in [0.25, 0.3) is 0 Å². The number of hydrogen-bond donors (Lipinski definition) is 0. The molecule has 0 saturated carbocycles. The smallest absolute Gasteiger partial charge is 0.225 e. The summed E-state index contributed by atoms with van der Waals surface area (Å²) in [5.74, 6) is 1.05. The van der Waals surface area contributed by atoms with E-state index in [0.717, 1.165) is 12.2 Å². The van der Waals surface area contributed by atoms with Crippen LogP contribution in [0.1, 0.15) is 20.3 Å². The Morgan fingerprint density at radius 2 is 2.20 bits per heavy atom. The second-order valence-electron chi connectivity index (χ2n) is 5.31. The van der Waals surface area contributed by atoms with Gasteiger partial charge in [-0.15, -0.1) is 0 Å². The Morgan fingerprint density at radius 3 is 2.90 bits per heavy atom. The van der Waals surface area contributed by atoms with Gasteiger partial charge in [0.2, 0.25) is 5.91 Å². The fourth-order valence-corrected chi connectivity index (χ4v) is 2.33. The molecule has 0 aromatic heterocycles. The highest BCUT2D eigenvalue weighted by Crippen LogP contribution is 2.15. The van der Waals surface area contributed by atoms with Crippen LogP contribution in [0.2, 0.25) is 0 Å². The van der Waals surface area contributed by atoms with E-state index in [1.54, 1.807) is 0 Å². The second-order valence-corrected chi connectivity index (χ2v) is 5.31. The zero-order valence-electron chi connectivity index (χ0n) is 12.2. The predicted octanol–water partition coefficient (Wildman–Crippen LogP) is 2.34. The van der Waals surface area contributed by atoms with Gasteiger partial charge >= 0.3 is 0 Å². The summed E-state index contributed by atoms with van der Waals surface area (Å²) in [6, 6.07) is 9.87. The van der Waals surface area contributed by atoms with E-state index in [1.807, 2.05) is 49.1 Å². The standard InChI is InChI=1S/C16H23NO3/c1-13(8-10-20-15-6-4-3-5-7-15)16(18)17-9-11-19-12-14(17)2/h3-7,13-14H,8-12H2,1-2H3/t13-,14-/m1/s1. The third kappa shape index (κ3) is 3.97. The molecule has 1 amide bonds. The quantitative estimate of drug-likeness (QED) is 0.829. The van der Waals surface area contributed by atoms with E-state index in [2.05, 4.69) is 0 Å². The summed E-state index contributed by atoms with van der Waals surface area (Å²) in [6.07, 6.45) is 0.734. The molecule has 0 bridgehead atoms. The fraction of sp³-hybridized carbons (Fsp3) is 0.562. The van der Waals surface area contributed by atoms with Gasteiger partial charge in [-0.3, -0.25) is 4.79 Å². The molecule has 0 spiro atoms. The Labute approximate surface area is 120 Å². The molecule has 4 heteroatoms. The minimum Gasteiger partial charge on any atom is -0.494 e. The number of rotatable bonds is 5. The second kappa shape index (κ2) is 7.29. The normalized spacial score (nSPS) is 20.5. The number of amides is 1. The van der Waals surface area contributed by atoms with E-state index in [0.29, 0.717) is 26.4 Å². The molecule has 0 N–H and O–H groups in total. The van der Waals surface area contributed by atoms with Crippen LogP contribution in [0.25, 0.3) is 0 Å². The molecule has 20 heavy (non-hydrogen) atoms. The molecule has 1 heterocycles. The summed E-state index contributed by atoms with van der Waals surface area (Å²) in [4.78, 5) is 14.3. The molecule has 1 fully saturated rings. The van der Waals surface area contributed by atoms with Gasteiger partial charge < -0.3 is 14.4 Å². The van der Waals surface area contributed by atoms with Gasteiger partial charge in [0, 0.05) is 12.5 Å². The maximum Gasteiger partial charge on any atom is 0.225 e. The van der Waals surface area contributed by atoms with Crippen molar-refractivity contribution in [3.8, 4) is 5.75 Å². The van der Waals surface area contributed by atoms with Crippen LogP contribution in [-0.2, 0) is 9.53 Å². The van der Waals surface area contributed by atoms with Gasteiger partial charge in [-0.2, -0.15) is 0 Å². The van der Waals surface area contributed by atoms with Crippen molar-refractivity contribution in [2.75, 3.05) is 26.4 Å². The summed E-state index contributed by atoms with van der Waals surface area (Å²) in [5.41, 5.74) is 0. The lowest BCUT2D eigenvalue weighted by Gasteiger charge is -2.35. The van der Waals surface area contributed by atoms with Crippen LogP contribution in [0.15, 0.2) is 30.3 Å². The van der Waals surface area contributed by atoms with Crippen LogP contribution >= 0.6 is 0 Å². The number of carbonyl (C=O) groups is 1. The van der Waals surface area contributed by atoms with Crippen molar-refractivity contribution in [3.63, 3.8) is 0 Å². The summed E-state index contributed by atoms with van der Waals surface area (Å²) in [6.45, 7) is 6.55. The third-order valence-electron chi connectivity index (χ3n) is 3.64. The minimum absolute atomic E-state index is 0.0146. The van der Waals surface area contributed by atoms with Crippen molar-refractivity contribution in [3.05, 3.63) is 30.3 Å². The zero-order valence-corrected chi connectivity index (χ0v) is 12.2. The van der Waals surface area contributed by atoms with E-state index in [4.69, 9.17) is 9.47 Å². The molecule has 0 aliphatic carbocycles. The van der Waals surface area contributed by atoms with E-state index in [-0.39, 0.29) is 17.9 Å². The molecule has 1 aliphatic heterocycles. The minimum atomic E-state index is -0.0146. The van der Waals surface area contributed by atoms with Crippen molar-refractivity contribution in [1.82, 2.24) is 4.90 Å². The zero-order chi connectivity index (χ0) is 14.4. The molecular formula is C16H23NO3. The topological polar surface area (TPSA) is 38.8 Å². The Balaban J connectivity index is 1.76. The van der Waals surface area contributed by atoms with Crippen molar-refractivity contribution in [1.29, 1.82) is 0 Å². The fourth-order valence-electron chi connectivity index (χ4n) is 2.33. The lowest BCUT2D eigenvalue weighted by molar-refractivity contribution is -0.143. The van der Waals surface area contributed by atoms with Crippen molar-refractivity contribution < 1.29 is 14.3 Å². The van der Waals surface area contributed by atoms with E-state index >= 15 is 0 Å². The maximum absolute atomic E-state index is 12.4. The molecule has 0 unspecified atom stereocenters. The van der Waals surface area contributed by atoms with Crippen LogP contribution < -0.4 is 4.74 Å². The number of nitrogens with zero attached hydrogens (tertiary/aromatic N) is 1. The number of carbonyl (C=O) groups excluding carboxylic acids is 1. The Morgan fingerprint density at radius 1 is 1.45 bits per heavy atom. The summed E-state index contributed by atoms with van der Waals surface area (Å²) in [7, 11) is 0. The SMILES string of the molecule is C[C@H](CCOc1ccccc1)C(=O)N1CCOC[C@H]1C. The van der Waals surface area contributed by atoms with Crippen LogP contribution in [0.4, 0.5) is 0 Å². The van der Waals surface area contributed by atoms with Gasteiger partial charge in [-0.1, -0.05) is 25.1 Å². The highest BCUT2D eigenvalue weighted by Gasteiger charge is 2.27. The first kappa shape index (κ1) is 14.9. The van der Waals surface area contributed by atoms with Gasteiger partial charge in [0.15, 0.2) is 0 Å². The van der Waals surface area contributed by atoms with Crippen LogP contribution in [0.5, 0.6) is 5.75 Å². The van der Waals surface area contributed by atoms with Gasteiger partial charge in [-0.05, 0) is 25.5 Å². The third-order valence-corrected chi connectivity index (χ3v) is 3.64. The van der Waals surface area contributed by atoms with Crippen molar-refractivity contribution >= 4 is 5.91 Å². The largest absolute Gasteiger partial charge is 0.494 e. The van der Waals surface area contributed by atoms with Gasteiger partial charge in [0.05, 0.1) is 25.9 Å². The molecular weight excluding hydrogens is 254 g/mol. The Kier molecular flexibility index (Phi) is 5.41. The number of benzene rings is 1. The van der Waals surface area contributed by atoms with Gasteiger partial charge in [-0.25, -0.2) is 0 Å².